The zero-order valence-electron chi connectivity index (χ0n) is 13.5. The molecular weight excluding hydrogens is 347 g/mol. The Morgan fingerprint density at radius 1 is 1.04 bits per heavy atom. The number of ether oxygens (including phenoxy) is 1. The van der Waals surface area contributed by atoms with Gasteiger partial charge in [0.15, 0.2) is 18.3 Å². The molecule has 0 saturated carbocycles. The zero-order chi connectivity index (χ0) is 18.5. The molecule has 0 radical (unpaired) electrons. The van der Waals surface area contributed by atoms with Crippen molar-refractivity contribution in [3.8, 4) is 5.75 Å². The van der Waals surface area contributed by atoms with Crippen LogP contribution in [0.15, 0.2) is 54.7 Å². The molecule has 0 aliphatic rings. The van der Waals surface area contributed by atoms with Crippen molar-refractivity contribution < 1.29 is 22.7 Å². The molecule has 0 saturated heterocycles. The van der Waals surface area contributed by atoms with Crippen LogP contribution in [0.3, 0.4) is 0 Å². The lowest BCUT2D eigenvalue weighted by Gasteiger charge is -2.07. The molecule has 0 fully saturated rings. The Morgan fingerprint density at radius 2 is 1.77 bits per heavy atom. The molecule has 1 aromatic heterocycles. The normalized spacial score (nSPS) is 10.6. The van der Waals surface area contributed by atoms with Crippen molar-refractivity contribution in [1.82, 2.24) is 15.1 Å². The average Bonchev–Trinajstić information content (AvgIpc) is 3.09. The van der Waals surface area contributed by atoms with Crippen LogP contribution in [0, 0.1) is 17.5 Å². The van der Waals surface area contributed by atoms with E-state index >= 15 is 0 Å². The van der Waals surface area contributed by atoms with Gasteiger partial charge in [-0.15, -0.1) is 0 Å². The molecule has 0 unspecified atom stereocenters. The van der Waals surface area contributed by atoms with E-state index in [-0.39, 0.29) is 30.5 Å². The number of benzene rings is 2. The van der Waals surface area contributed by atoms with Crippen LogP contribution < -0.4 is 10.1 Å². The van der Waals surface area contributed by atoms with Crippen LogP contribution in [0.5, 0.6) is 5.75 Å². The molecule has 0 spiro atoms. The van der Waals surface area contributed by atoms with Gasteiger partial charge in [-0.05, 0) is 35.9 Å². The minimum Gasteiger partial charge on any atom is -0.468 e. The SMILES string of the molecule is O=C(NCc1ccc(F)cc1)c1ccn(COc2ccc(F)cc2F)n1. The summed E-state index contributed by atoms with van der Waals surface area (Å²) < 4.78 is 45.7. The summed E-state index contributed by atoms with van der Waals surface area (Å²) in [5, 5.41) is 6.68. The van der Waals surface area contributed by atoms with Crippen molar-refractivity contribution in [2.45, 2.75) is 13.3 Å². The molecular formula is C18H14F3N3O2. The van der Waals surface area contributed by atoms with Crippen molar-refractivity contribution in [1.29, 1.82) is 0 Å². The van der Waals surface area contributed by atoms with Crippen LogP contribution in [-0.2, 0) is 13.3 Å². The molecule has 0 aliphatic carbocycles. The first-order valence-electron chi connectivity index (χ1n) is 7.65. The molecule has 0 bridgehead atoms. The van der Waals surface area contributed by atoms with E-state index in [0.717, 1.165) is 11.6 Å². The fourth-order valence-corrected chi connectivity index (χ4v) is 2.16. The van der Waals surface area contributed by atoms with Crippen LogP contribution in [0.4, 0.5) is 13.2 Å². The number of carbonyl (C=O) groups excluding carboxylic acids is 1. The van der Waals surface area contributed by atoms with Gasteiger partial charge >= 0.3 is 0 Å². The smallest absolute Gasteiger partial charge is 0.272 e. The zero-order valence-corrected chi connectivity index (χ0v) is 13.5. The minimum absolute atomic E-state index is 0.121. The topological polar surface area (TPSA) is 56.2 Å². The Hall–Kier alpha value is -3.29. The van der Waals surface area contributed by atoms with Crippen LogP contribution in [0.1, 0.15) is 16.1 Å². The average molecular weight is 361 g/mol. The first-order chi connectivity index (χ1) is 12.5. The number of amides is 1. The number of nitrogens with one attached hydrogen (secondary N) is 1. The molecule has 3 rings (SSSR count). The summed E-state index contributed by atoms with van der Waals surface area (Å²) in [6.07, 6.45) is 1.49. The summed E-state index contributed by atoms with van der Waals surface area (Å²) in [6.45, 7) is 0.0804. The van der Waals surface area contributed by atoms with Gasteiger partial charge in [-0.2, -0.15) is 5.10 Å². The highest BCUT2D eigenvalue weighted by atomic mass is 19.1. The van der Waals surface area contributed by atoms with Crippen LogP contribution >= 0.6 is 0 Å². The maximum absolute atomic E-state index is 13.5. The molecule has 8 heteroatoms. The van der Waals surface area contributed by atoms with Gasteiger partial charge in [-0.3, -0.25) is 4.79 Å². The van der Waals surface area contributed by atoms with Crippen LogP contribution in [0.25, 0.3) is 0 Å². The third-order valence-corrected chi connectivity index (χ3v) is 3.49. The second-order valence-corrected chi connectivity index (χ2v) is 5.40. The Balaban J connectivity index is 1.55. The molecule has 0 aliphatic heterocycles. The summed E-state index contributed by atoms with van der Waals surface area (Å²) in [6, 6.07) is 10.2. The minimum atomic E-state index is -0.825. The Labute approximate surface area is 147 Å². The first-order valence-corrected chi connectivity index (χ1v) is 7.65. The van der Waals surface area contributed by atoms with Gasteiger partial charge in [-0.1, -0.05) is 12.1 Å². The lowest BCUT2D eigenvalue weighted by atomic mass is 10.2. The molecule has 0 atom stereocenters. The third-order valence-electron chi connectivity index (χ3n) is 3.49. The standard InChI is InChI=1S/C18H14F3N3O2/c19-13-3-1-12(2-4-13)10-22-18(25)16-7-8-24(23-16)11-26-17-6-5-14(20)9-15(17)21/h1-9H,10-11H2,(H,22,25). The van der Waals surface area contributed by atoms with E-state index in [4.69, 9.17) is 4.74 Å². The quantitative estimate of drug-likeness (QED) is 0.733. The van der Waals surface area contributed by atoms with Gasteiger partial charge < -0.3 is 10.1 Å². The van der Waals surface area contributed by atoms with Gasteiger partial charge in [0.25, 0.3) is 5.91 Å². The molecule has 3 aromatic rings. The number of rotatable bonds is 6. The van der Waals surface area contributed by atoms with Gasteiger partial charge in [0.05, 0.1) is 0 Å². The summed E-state index contributed by atoms with van der Waals surface area (Å²) in [5.74, 6) is -2.41. The van der Waals surface area contributed by atoms with Gasteiger partial charge in [-0.25, -0.2) is 17.9 Å². The second-order valence-electron chi connectivity index (χ2n) is 5.40. The summed E-state index contributed by atoms with van der Waals surface area (Å²) in [7, 11) is 0. The fraction of sp³-hybridized carbons (Fsp3) is 0.111. The summed E-state index contributed by atoms with van der Waals surface area (Å²) in [4.78, 5) is 12.1. The van der Waals surface area contributed by atoms with Crippen molar-refractivity contribution in [2.24, 2.45) is 0 Å². The molecule has 2 aromatic carbocycles. The number of carbonyl (C=O) groups is 1. The number of hydrogen-bond donors (Lipinski definition) is 1. The second kappa shape index (κ2) is 7.73. The van der Waals surface area contributed by atoms with Crippen LogP contribution in [0.2, 0.25) is 0 Å². The number of halogens is 3. The highest BCUT2D eigenvalue weighted by Crippen LogP contribution is 2.17. The Kier molecular flexibility index (Phi) is 5.21. The Bertz CT molecular complexity index is 910. The predicted octanol–water partition coefficient (Wildman–Crippen LogP) is 3.27. The monoisotopic (exact) mass is 361 g/mol. The van der Waals surface area contributed by atoms with Crippen molar-refractivity contribution in [3.05, 3.63) is 83.4 Å². The predicted molar refractivity (Wildman–Crippen MR) is 86.8 cm³/mol. The molecule has 5 nitrogen and oxygen atoms in total. The molecule has 26 heavy (non-hydrogen) atoms. The molecule has 1 N–H and O–H groups in total. The Morgan fingerprint density at radius 3 is 2.50 bits per heavy atom. The van der Waals surface area contributed by atoms with Crippen molar-refractivity contribution in [3.63, 3.8) is 0 Å². The number of aromatic nitrogens is 2. The molecule has 1 amide bonds. The summed E-state index contributed by atoms with van der Waals surface area (Å²) in [5.41, 5.74) is 0.893. The van der Waals surface area contributed by atoms with E-state index in [9.17, 15) is 18.0 Å². The van der Waals surface area contributed by atoms with E-state index in [1.807, 2.05) is 0 Å². The van der Waals surface area contributed by atoms with Crippen molar-refractivity contribution in [2.75, 3.05) is 0 Å². The molecule has 134 valence electrons. The highest BCUT2D eigenvalue weighted by Gasteiger charge is 2.10. The maximum Gasteiger partial charge on any atom is 0.272 e. The number of nitrogens with zero attached hydrogens (tertiary/aromatic N) is 2. The van der Waals surface area contributed by atoms with Gasteiger partial charge in [0.2, 0.25) is 0 Å². The molecule has 1 heterocycles. The van der Waals surface area contributed by atoms with E-state index in [0.29, 0.717) is 6.07 Å². The first kappa shape index (κ1) is 17.5. The fourth-order valence-electron chi connectivity index (χ4n) is 2.16. The lowest BCUT2D eigenvalue weighted by Crippen LogP contribution is -2.23. The summed E-state index contributed by atoms with van der Waals surface area (Å²) >= 11 is 0. The lowest BCUT2D eigenvalue weighted by molar-refractivity contribution is 0.0943. The van der Waals surface area contributed by atoms with E-state index < -0.39 is 17.5 Å². The van der Waals surface area contributed by atoms with Gasteiger partial charge in [0.1, 0.15) is 17.3 Å². The van der Waals surface area contributed by atoms with Crippen molar-refractivity contribution >= 4 is 5.91 Å². The van der Waals surface area contributed by atoms with E-state index in [1.54, 1.807) is 12.1 Å². The number of hydrogen-bond acceptors (Lipinski definition) is 3. The van der Waals surface area contributed by atoms with Gasteiger partial charge in [0, 0.05) is 18.8 Å². The highest BCUT2D eigenvalue weighted by molar-refractivity contribution is 5.92. The maximum atomic E-state index is 13.5. The largest absolute Gasteiger partial charge is 0.468 e. The van der Waals surface area contributed by atoms with Crippen LogP contribution in [-0.4, -0.2) is 15.7 Å². The third kappa shape index (κ3) is 4.41. The van der Waals surface area contributed by atoms with E-state index in [2.05, 4.69) is 10.4 Å². The van der Waals surface area contributed by atoms with E-state index in [1.165, 1.54) is 35.1 Å².